The first-order valence-corrected chi connectivity index (χ1v) is 16.3. The maximum Gasteiger partial charge on any atom is 0.0755 e. The lowest BCUT2D eigenvalue weighted by Crippen LogP contribution is -2.38. The summed E-state index contributed by atoms with van der Waals surface area (Å²) in [5.41, 5.74) is 22.0. The molecule has 0 amide bonds. The summed E-state index contributed by atoms with van der Waals surface area (Å²) in [5.74, 6) is 0. The Morgan fingerprint density at radius 2 is 1.04 bits per heavy atom. The fourth-order valence-corrected chi connectivity index (χ4v) is 8.64. The Morgan fingerprint density at radius 3 is 1.83 bits per heavy atom. The maximum atomic E-state index is 7.02. The molecule has 8 aromatic rings. The van der Waals surface area contributed by atoms with E-state index in [9.17, 15) is 0 Å². The van der Waals surface area contributed by atoms with Gasteiger partial charge in [-0.25, -0.2) is 0 Å². The number of hydrogen-bond donors (Lipinski definition) is 1. The zero-order valence-electron chi connectivity index (χ0n) is 25.8. The Bertz CT molecular complexity index is 2470. The largest absolute Gasteiger partial charge is 0.397 e. The predicted octanol–water partition coefficient (Wildman–Crippen LogP) is 10.4. The van der Waals surface area contributed by atoms with Crippen LogP contribution in [0.2, 0.25) is 0 Å². The van der Waals surface area contributed by atoms with Crippen LogP contribution in [0.25, 0.3) is 38.6 Å². The van der Waals surface area contributed by atoms with E-state index in [4.69, 9.17) is 5.73 Å². The minimum atomic E-state index is -0.546. The van der Waals surface area contributed by atoms with E-state index in [1.165, 1.54) is 72.1 Å². The van der Waals surface area contributed by atoms with E-state index in [0.29, 0.717) is 0 Å². The highest BCUT2D eigenvalue weighted by molar-refractivity contribution is 6.10. The van der Waals surface area contributed by atoms with Crippen molar-refractivity contribution in [1.82, 2.24) is 4.57 Å². The highest BCUT2D eigenvalue weighted by Gasteiger charge is 2.52. The van der Waals surface area contributed by atoms with Gasteiger partial charge in [0.2, 0.25) is 0 Å². The number of hydrogen-bond acceptors (Lipinski definition) is 2. The lowest BCUT2D eigenvalue weighted by atomic mass is 9.64. The summed E-state index contributed by atoms with van der Waals surface area (Å²) in [6.07, 6.45) is 0. The van der Waals surface area contributed by atoms with Gasteiger partial charge in [-0.05, 0) is 63.7 Å². The lowest BCUT2D eigenvalue weighted by Gasteiger charge is -2.45. The summed E-state index contributed by atoms with van der Waals surface area (Å²) in [6.45, 7) is 0.727. The van der Waals surface area contributed by atoms with Gasteiger partial charge in [0.25, 0.3) is 0 Å². The first-order chi connectivity index (χ1) is 23.3. The molecule has 0 fully saturated rings. The molecule has 0 radical (unpaired) electrons. The SMILES string of the molecule is Nc1cccc2c1N(Cc1ccccc1)c1ccccc1C21c2ccccc2-c2c(-n3c4ccccc4c4ccccc43)cccc21. The predicted molar refractivity (Wildman–Crippen MR) is 195 cm³/mol. The van der Waals surface area contributed by atoms with Gasteiger partial charge in [0, 0.05) is 28.6 Å². The zero-order valence-corrected chi connectivity index (χ0v) is 25.8. The van der Waals surface area contributed by atoms with Crippen LogP contribution >= 0.6 is 0 Å². The highest BCUT2D eigenvalue weighted by atomic mass is 15.2. The Labute approximate surface area is 273 Å². The highest BCUT2D eigenvalue weighted by Crippen LogP contribution is 2.64. The van der Waals surface area contributed by atoms with Gasteiger partial charge in [0.1, 0.15) is 0 Å². The van der Waals surface area contributed by atoms with Crippen LogP contribution in [0.4, 0.5) is 17.1 Å². The van der Waals surface area contributed by atoms with Gasteiger partial charge in [0.15, 0.2) is 0 Å². The normalized spacial score (nSPS) is 15.9. The molecule has 222 valence electrons. The summed E-state index contributed by atoms with van der Waals surface area (Å²) in [7, 11) is 0. The van der Waals surface area contributed by atoms with Crippen LogP contribution in [0.3, 0.4) is 0 Å². The van der Waals surface area contributed by atoms with Crippen molar-refractivity contribution in [2.75, 3.05) is 10.6 Å². The van der Waals surface area contributed by atoms with Crippen molar-refractivity contribution in [3.63, 3.8) is 0 Å². The molecular weight excluding hydrogens is 571 g/mol. The number of rotatable bonds is 3. The van der Waals surface area contributed by atoms with Gasteiger partial charge in [-0.2, -0.15) is 0 Å². The van der Waals surface area contributed by atoms with E-state index in [-0.39, 0.29) is 0 Å². The molecule has 1 aliphatic heterocycles. The molecule has 2 heterocycles. The molecule has 3 nitrogen and oxygen atoms in total. The van der Waals surface area contributed by atoms with Crippen molar-refractivity contribution < 1.29 is 0 Å². The van der Waals surface area contributed by atoms with Crippen LogP contribution in [0, 0.1) is 0 Å². The molecule has 0 saturated carbocycles. The average Bonchev–Trinajstić information content (AvgIpc) is 3.62. The quantitative estimate of drug-likeness (QED) is 0.205. The maximum absolute atomic E-state index is 7.02. The molecule has 1 aromatic heterocycles. The van der Waals surface area contributed by atoms with Crippen molar-refractivity contribution in [3.05, 3.63) is 192 Å². The second kappa shape index (κ2) is 9.72. The second-order valence-corrected chi connectivity index (χ2v) is 12.7. The van der Waals surface area contributed by atoms with Crippen LogP contribution in [-0.4, -0.2) is 4.57 Å². The van der Waals surface area contributed by atoms with E-state index in [0.717, 1.165) is 17.9 Å². The lowest BCUT2D eigenvalue weighted by molar-refractivity contribution is 0.735. The molecule has 1 unspecified atom stereocenters. The molecule has 1 atom stereocenters. The zero-order chi connectivity index (χ0) is 31.1. The summed E-state index contributed by atoms with van der Waals surface area (Å²) in [4.78, 5) is 2.43. The summed E-state index contributed by atoms with van der Waals surface area (Å²) < 4.78 is 2.47. The Balaban J connectivity index is 1.34. The Morgan fingerprint density at radius 1 is 0.468 bits per heavy atom. The third-order valence-corrected chi connectivity index (χ3v) is 10.4. The van der Waals surface area contributed by atoms with Crippen molar-refractivity contribution in [3.8, 4) is 16.8 Å². The molecular formula is C44H31N3. The van der Waals surface area contributed by atoms with E-state index < -0.39 is 5.41 Å². The van der Waals surface area contributed by atoms with E-state index in [1.54, 1.807) is 0 Å². The summed E-state index contributed by atoms with van der Waals surface area (Å²) in [6, 6.07) is 59.6. The minimum Gasteiger partial charge on any atom is -0.397 e. The average molecular weight is 602 g/mol. The third-order valence-electron chi connectivity index (χ3n) is 10.4. The number of anilines is 3. The fraction of sp³-hybridized carbons (Fsp3) is 0.0455. The molecule has 0 saturated heterocycles. The van der Waals surface area contributed by atoms with Crippen LogP contribution in [0.5, 0.6) is 0 Å². The van der Waals surface area contributed by atoms with E-state index in [2.05, 4.69) is 173 Å². The van der Waals surface area contributed by atoms with Crippen molar-refractivity contribution in [2.24, 2.45) is 0 Å². The Hall–Kier alpha value is -6.06. The van der Waals surface area contributed by atoms with Crippen LogP contribution in [-0.2, 0) is 12.0 Å². The molecule has 3 heteroatoms. The second-order valence-electron chi connectivity index (χ2n) is 12.7. The number of benzene rings is 7. The fourth-order valence-electron chi connectivity index (χ4n) is 8.64. The molecule has 1 aliphatic carbocycles. The smallest absolute Gasteiger partial charge is 0.0755 e. The number of fused-ring (bicyclic) bond motifs is 12. The molecule has 0 bridgehead atoms. The number of aromatic nitrogens is 1. The van der Waals surface area contributed by atoms with Crippen LogP contribution in [0.1, 0.15) is 27.8 Å². The monoisotopic (exact) mass is 601 g/mol. The van der Waals surface area contributed by atoms with Gasteiger partial charge in [0.05, 0.1) is 33.5 Å². The number of nitrogen functional groups attached to an aromatic ring is 1. The van der Waals surface area contributed by atoms with Crippen molar-refractivity contribution in [2.45, 2.75) is 12.0 Å². The topological polar surface area (TPSA) is 34.2 Å². The molecule has 10 rings (SSSR count). The molecule has 7 aromatic carbocycles. The minimum absolute atomic E-state index is 0.546. The number of nitrogens with two attached hydrogens (primary N) is 1. The van der Waals surface area contributed by atoms with Gasteiger partial charge < -0.3 is 15.2 Å². The first-order valence-electron chi connectivity index (χ1n) is 16.3. The number of para-hydroxylation sites is 4. The van der Waals surface area contributed by atoms with Crippen LogP contribution in [0.15, 0.2) is 164 Å². The van der Waals surface area contributed by atoms with Crippen molar-refractivity contribution >= 4 is 38.9 Å². The molecule has 47 heavy (non-hydrogen) atoms. The van der Waals surface area contributed by atoms with Gasteiger partial charge >= 0.3 is 0 Å². The molecule has 1 spiro atoms. The van der Waals surface area contributed by atoms with Gasteiger partial charge in [-0.1, -0.05) is 133 Å². The van der Waals surface area contributed by atoms with Crippen molar-refractivity contribution in [1.29, 1.82) is 0 Å². The van der Waals surface area contributed by atoms with Gasteiger partial charge in [-0.3, -0.25) is 0 Å². The Kier molecular flexibility index (Phi) is 5.41. The van der Waals surface area contributed by atoms with E-state index in [1.807, 2.05) is 0 Å². The van der Waals surface area contributed by atoms with Crippen LogP contribution < -0.4 is 10.6 Å². The first kappa shape index (κ1) is 26.2. The summed E-state index contributed by atoms with van der Waals surface area (Å²) >= 11 is 0. The number of nitrogens with zero attached hydrogens (tertiary/aromatic N) is 2. The third kappa shape index (κ3) is 3.40. The summed E-state index contributed by atoms with van der Waals surface area (Å²) in [5, 5.41) is 2.53. The van der Waals surface area contributed by atoms with Gasteiger partial charge in [-0.15, -0.1) is 0 Å². The molecule has 2 N–H and O–H groups in total. The van der Waals surface area contributed by atoms with E-state index >= 15 is 0 Å². The standard InChI is InChI=1S/C44H31N3/c45-37-23-12-22-36-43(37)46(28-29-14-2-1-3-15-29)40-26-11-8-20-34(40)44(36)33-19-7-4-18-32(33)42-35(44)21-13-27-41(42)47-38-24-9-5-16-30(38)31-17-6-10-25-39(31)47/h1-27H,28,45H2. The molecule has 2 aliphatic rings.